The van der Waals surface area contributed by atoms with Crippen molar-refractivity contribution in [3.8, 4) is 0 Å². The minimum absolute atomic E-state index is 0.306. The first-order chi connectivity index (χ1) is 11.6. The Bertz CT molecular complexity index is 846. The number of halogens is 1. The van der Waals surface area contributed by atoms with Crippen LogP contribution in [0.25, 0.3) is 10.9 Å². The summed E-state index contributed by atoms with van der Waals surface area (Å²) in [5.41, 5.74) is 7.18. The van der Waals surface area contributed by atoms with Crippen molar-refractivity contribution in [3.63, 3.8) is 0 Å². The molecule has 1 aromatic heterocycles. The summed E-state index contributed by atoms with van der Waals surface area (Å²) >= 11 is 0. The Morgan fingerprint density at radius 1 is 1.12 bits per heavy atom. The molecule has 1 amide bonds. The monoisotopic (exact) mass is 324 g/mol. The lowest BCUT2D eigenvalue weighted by molar-refractivity contribution is -0.121. The van der Waals surface area contributed by atoms with E-state index in [4.69, 9.17) is 5.73 Å². The van der Waals surface area contributed by atoms with E-state index in [0.29, 0.717) is 18.8 Å². The largest absolute Gasteiger partial charge is 0.369 e. The van der Waals surface area contributed by atoms with Crippen molar-refractivity contribution in [1.29, 1.82) is 0 Å². The molecule has 1 atom stereocenters. The molecule has 5 nitrogen and oxygen atoms in total. The van der Waals surface area contributed by atoms with Gasteiger partial charge in [-0.15, -0.1) is 0 Å². The Morgan fingerprint density at radius 3 is 2.62 bits per heavy atom. The highest BCUT2D eigenvalue weighted by Crippen LogP contribution is 2.19. The van der Waals surface area contributed by atoms with Gasteiger partial charge in [0.1, 0.15) is 18.0 Å². The molecule has 0 saturated carbocycles. The lowest BCUT2D eigenvalue weighted by Crippen LogP contribution is -2.31. The van der Waals surface area contributed by atoms with Gasteiger partial charge in [-0.05, 0) is 36.2 Å². The van der Waals surface area contributed by atoms with Crippen LogP contribution in [-0.2, 0) is 11.2 Å². The van der Waals surface area contributed by atoms with Crippen LogP contribution < -0.4 is 11.1 Å². The molecule has 0 spiro atoms. The minimum Gasteiger partial charge on any atom is -0.369 e. The summed E-state index contributed by atoms with van der Waals surface area (Å²) in [6, 6.07) is 13.7. The summed E-state index contributed by atoms with van der Waals surface area (Å²) in [7, 11) is 0. The van der Waals surface area contributed by atoms with Crippen molar-refractivity contribution in [2.45, 2.75) is 6.42 Å². The molecule has 0 unspecified atom stereocenters. The molecule has 0 aliphatic rings. The number of hydrogen-bond acceptors (Lipinski definition) is 4. The number of nitrogens with one attached hydrogen (secondary N) is 1. The van der Waals surface area contributed by atoms with Crippen molar-refractivity contribution in [2.24, 2.45) is 11.7 Å². The van der Waals surface area contributed by atoms with Gasteiger partial charge in [-0.2, -0.15) is 0 Å². The molecule has 0 aliphatic carbocycles. The van der Waals surface area contributed by atoms with Crippen LogP contribution in [0.1, 0.15) is 5.56 Å². The fourth-order valence-electron chi connectivity index (χ4n) is 2.54. The third-order valence-corrected chi connectivity index (χ3v) is 3.86. The standard InChI is InChI=1S/C18H17FN4O/c19-14-7-5-12(6-8-14)9-13(17(20)24)10-21-18-15-3-1-2-4-16(15)22-11-23-18/h1-8,11,13H,9-10H2,(H2,20,24)(H,21,22,23)/t13-/m1/s1. The second-order valence-electron chi connectivity index (χ2n) is 5.55. The van der Waals surface area contributed by atoms with E-state index in [-0.39, 0.29) is 5.82 Å². The highest BCUT2D eigenvalue weighted by molar-refractivity contribution is 5.88. The zero-order chi connectivity index (χ0) is 16.9. The van der Waals surface area contributed by atoms with E-state index in [1.54, 1.807) is 12.1 Å². The summed E-state index contributed by atoms with van der Waals surface area (Å²) in [6.45, 7) is 0.341. The van der Waals surface area contributed by atoms with Crippen LogP contribution in [0.5, 0.6) is 0 Å². The number of nitrogens with zero attached hydrogens (tertiary/aromatic N) is 2. The molecular weight excluding hydrogens is 307 g/mol. The summed E-state index contributed by atoms with van der Waals surface area (Å²) in [4.78, 5) is 20.2. The van der Waals surface area contributed by atoms with Gasteiger partial charge in [0.15, 0.2) is 0 Å². The second kappa shape index (κ2) is 7.04. The number of carbonyl (C=O) groups excluding carboxylic acids is 1. The number of rotatable bonds is 6. The van der Waals surface area contributed by atoms with E-state index in [2.05, 4.69) is 15.3 Å². The summed E-state index contributed by atoms with van der Waals surface area (Å²) < 4.78 is 13.0. The molecule has 6 heteroatoms. The Hall–Kier alpha value is -3.02. The highest BCUT2D eigenvalue weighted by atomic mass is 19.1. The van der Waals surface area contributed by atoms with Gasteiger partial charge in [-0.25, -0.2) is 14.4 Å². The molecular formula is C18H17FN4O. The minimum atomic E-state index is -0.427. The predicted molar refractivity (Wildman–Crippen MR) is 90.8 cm³/mol. The molecule has 0 fully saturated rings. The van der Waals surface area contributed by atoms with Gasteiger partial charge < -0.3 is 11.1 Å². The molecule has 0 bridgehead atoms. The van der Waals surface area contributed by atoms with Gasteiger partial charge in [-0.3, -0.25) is 4.79 Å². The third kappa shape index (κ3) is 3.65. The fraction of sp³-hybridized carbons (Fsp3) is 0.167. The predicted octanol–water partition coefficient (Wildman–Crippen LogP) is 2.53. The molecule has 1 heterocycles. The number of hydrogen-bond donors (Lipinski definition) is 2. The van der Waals surface area contributed by atoms with Crippen molar-refractivity contribution < 1.29 is 9.18 Å². The molecule has 3 aromatic rings. The lowest BCUT2D eigenvalue weighted by Gasteiger charge is -2.15. The molecule has 0 saturated heterocycles. The molecule has 2 aromatic carbocycles. The zero-order valence-corrected chi connectivity index (χ0v) is 12.9. The normalized spacial score (nSPS) is 12.0. The van der Waals surface area contributed by atoms with Crippen LogP contribution in [0.4, 0.5) is 10.2 Å². The van der Waals surface area contributed by atoms with Crippen LogP contribution in [0.15, 0.2) is 54.9 Å². The van der Waals surface area contributed by atoms with Crippen LogP contribution in [-0.4, -0.2) is 22.4 Å². The van der Waals surface area contributed by atoms with Crippen LogP contribution in [0, 0.1) is 11.7 Å². The fourth-order valence-corrected chi connectivity index (χ4v) is 2.54. The maximum absolute atomic E-state index is 13.0. The molecule has 24 heavy (non-hydrogen) atoms. The molecule has 3 rings (SSSR count). The van der Waals surface area contributed by atoms with E-state index in [1.165, 1.54) is 18.5 Å². The van der Waals surface area contributed by atoms with Crippen molar-refractivity contribution in [1.82, 2.24) is 9.97 Å². The SMILES string of the molecule is NC(=O)[C@@H](CNc1ncnc2ccccc12)Cc1ccc(F)cc1. The molecule has 122 valence electrons. The summed E-state index contributed by atoms with van der Waals surface area (Å²) in [6.07, 6.45) is 1.91. The maximum Gasteiger partial charge on any atom is 0.222 e. The van der Waals surface area contributed by atoms with Gasteiger partial charge in [-0.1, -0.05) is 24.3 Å². The topological polar surface area (TPSA) is 80.9 Å². The van der Waals surface area contributed by atoms with Crippen molar-refractivity contribution >= 4 is 22.6 Å². The highest BCUT2D eigenvalue weighted by Gasteiger charge is 2.17. The van der Waals surface area contributed by atoms with E-state index in [9.17, 15) is 9.18 Å². The number of nitrogens with two attached hydrogens (primary N) is 1. The zero-order valence-electron chi connectivity index (χ0n) is 12.9. The number of benzene rings is 2. The average molecular weight is 324 g/mol. The molecule has 3 N–H and O–H groups in total. The van der Waals surface area contributed by atoms with E-state index < -0.39 is 11.8 Å². The number of para-hydroxylation sites is 1. The Morgan fingerprint density at radius 2 is 1.88 bits per heavy atom. The van der Waals surface area contributed by atoms with Crippen LogP contribution >= 0.6 is 0 Å². The number of primary amides is 1. The van der Waals surface area contributed by atoms with E-state index in [1.807, 2.05) is 24.3 Å². The lowest BCUT2D eigenvalue weighted by atomic mass is 9.98. The first-order valence-corrected chi connectivity index (χ1v) is 7.61. The maximum atomic E-state index is 13.0. The van der Waals surface area contributed by atoms with E-state index >= 15 is 0 Å². The Kier molecular flexibility index (Phi) is 4.65. The average Bonchev–Trinajstić information content (AvgIpc) is 2.60. The quantitative estimate of drug-likeness (QED) is 0.730. The second-order valence-corrected chi connectivity index (χ2v) is 5.55. The summed E-state index contributed by atoms with van der Waals surface area (Å²) in [5, 5.41) is 4.05. The van der Waals surface area contributed by atoms with E-state index in [0.717, 1.165) is 16.5 Å². The van der Waals surface area contributed by atoms with Crippen LogP contribution in [0.2, 0.25) is 0 Å². The van der Waals surface area contributed by atoms with Crippen molar-refractivity contribution in [2.75, 3.05) is 11.9 Å². The number of carbonyl (C=O) groups is 1. The van der Waals surface area contributed by atoms with Crippen molar-refractivity contribution in [3.05, 3.63) is 66.2 Å². The first-order valence-electron chi connectivity index (χ1n) is 7.61. The molecule has 0 radical (unpaired) electrons. The third-order valence-electron chi connectivity index (χ3n) is 3.86. The van der Waals surface area contributed by atoms with Gasteiger partial charge in [0.2, 0.25) is 5.91 Å². The van der Waals surface area contributed by atoms with Gasteiger partial charge in [0.25, 0.3) is 0 Å². The van der Waals surface area contributed by atoms with Gasteiger partial charge >= 0.3 is 0 Å². The first kappa shape index (κ1) is 15.9. The number of aromatic nitrogens is 2. The van der Waals surface area contributed by atoms with Gasteiger partial charge in [0.05, 0.1) is 11.4 Å². The Labute approximate surface area is 138 Å². The Balaban J connectivity index is 1.74. The number of anilines is 1. The number of amides is 1. The summed E-state index contributed by atoms with van der Waals surface area (Å²) in [5.74, 6) is -0.486. The smallest absolute Gasteiger partial charge is 0.222 e. The number of fused-ring (bicyclic) bond motifs is 1. The van der Waals surface area contributed by atoms with Crippen LogP contribution in [0.3, 0.4) is 0 Å². The molecule has 0 aliphatic heterocycles. The van der Waals surface area contributed by atoms with Gasteiger partial charge in [0, 0.05) is 11.9 Å².